The molecule has 0 saturated heterocycles. The molecule has 0 radical (unpaired) electrons. The lowest BCUT2D eigenvalue weighted by Gasteiger charge is -2.31. The Kier molecular flexibility index (Phi) is 4.23. The van der Waals surface area contributed by atoms with Crippen molar-refractivity contribution in [1.82, 2.24) is 0 Å². The Balaban J connectivity index is 1.75. The molecule has 2 aromatic rings. The molecule has 2 aromatic carbocycles. The minimum absolute atomic E-state index is 0.0910. The van der Waals surface area contributed by atoms with Gasteiger partial charge in [-0.1, -0.05) is 42.2 Å². The molecule has 21 heavy (non-hydrogen) atoms. The lowest BCUT2D eigenvalue weighted by Crippen LogP contribution is -2.28. The molecular weight excluding hydrogens is 258 g/mol. The van der Waals surface area contributed by atoms with Crippen LogP contribution in [-0.4, -0.2) is 18.3 Å². The highest BCUT2D eigenvalue weighted by atomic mass is 16.2. The van der Waals surface area contributed by atoms with E-state index < -0.39 is 0 Å². The van der Waals surface area contributed by atoms with Crippen LogP contribution in [0.25, 0.3) is 0 Å². The van der Waals surface area contributed by atoms with Gasteiger partial charge in [-0.2, -0.15) is 0 Å². The van der Waals surface area contributed by atoms with E-state index >= 15 is 0 Å². The molecule has 1 aliphatic rings. The van der Waals surface area contributed by atoms with Crippen molar-refractivity contribution < 1.29 is 5.11 Å². The molecule has 1 heterocycles. The molecule has 0 bridgehead atoms. The van der Waals surface area contributed by atoms with Crippen molar-refractivity contribution in [3.63, 3.8) is 0 Å². The van der Waals surface area contributed by atoms with Gasteiger partial charge in [0.05, 0.1) is 0 Å². The molecule has 1 aliphatic heterocycles. The van der Waals surface area contributed by atoms with Crippen molar-refractivity contribution in [3.8, 4) is 11.8 Å². The number of hydrogen-bond donors (Lipinski definition) is 1. The molecule has 0 spiro atoms. The first kappa shape index (κ1) is 13.7. The van der Waals surface area contributed by atoms with Crippen LogP contribution in [0.2, 0.25) is 0 Å². The van der Waals surface area contributed by atoms with E-state index in [1.807, 2.05) is 12.1 Å². The van der Waals surface area contributed by atoms with Crippen LogP contribution in [0, 0.1) is 11.8 Å². The summed E-state index contributed by atoms with van der Waals surface area (Å²) >= 11 is 0. The van der Waals surface area contributed by atoms with E-state index in [9.17, 15) is 0 Å². The van der Waals surface area contributed by atoms with E-state index in [2.05, 4.69) is 53.1 Å². The summed E-state index contributed by atoms with van der Waals surface area (Å²) in [4.78, 5) is 2.45. The third-order valence-corrected chi connectivity index (χ3v) is 3.85. The van der Waals surface area contributed by atoms with Gasteiger partial charge in [0, 0.05) is 24.3 Å². The lowest BCUT2D eigenvalue weighted by molar-refractivity contribution is 0.350. The van der Waals surface area contributed by atoms with E-state index in [0.717, 1.165) is 18.7 Å². The fourth-order valence-electron chi connectivity index (χ4n) is 2.83. The van der Waals surface area contributed by atoms with Crippen LogP contribution in [-0.2, 0) is 13.0 Å². The number of hydrogen-bond acceptors (Lipinski definition) is 2. The second-order valence-corrected chi connectivity index (χ2v) is 5.31. The molecule has 106 valence electrons. The second kappa shape index (κ2) is 6.47. The zero-order chi connectivity index (χ0) is 14.5. The van der Waals surface area contributed by atoms with Gasteiger partial charge in [0.25, 0.3) is 0 Å². The Labute approximate surface area is 126 Å². The van der Waals surface area contributed by atoms with E-state index in [-0.39, 0.29) is 6.61 Å². The monoisotopic (exact) mass is 277 g/mol. The first-order valence-electron chi connectivity index (χ1n) is 7.38. The molecule has 0 saturated carbocycles. The van der Waals surface area contributed by atoms with Gasteiger partial charge in [-0.3, -0.25) is 0 Å². The smallest absolute Gasteiger partial charge is 0.104 e. The summed E-state index contributed by atoms with van der Waals surface area (Å²) in [6.45, 7) is 1.96. The van der Waals surface area contributed by atoms with Gasteiger partial charge >= 0.3 is 0 Å². The van der Waals surface area contributed by atoms with Crippen LogP contribution in [0.1, 0.15) is 23.1 Å². The molecule has 1 N–H and O–H groups in total. The van der Waals surface area contributed by atoms with Crippen molar-refractivity contribution in [2.45, 2.75) is 19.4 Å². The molecule has 0 fully saturated rings. The van der Waals surface area contributed by atoms with Gasteiger partial charge in [0.15, 0.2) is 0 Å². The number of benzene rings is 2. The number of rotatable bonds is 2. The van der Waals surface area contributed by atoms with Gasteiger partial charge < -0.3 is 10.0 Å². The lowest BCUT2D eigenvalue weighted by atomic mass is 10.0. The number of nitrogens with zero attached hydrogens (tertiary/aromatic N) is 1. The minimum Gasteiger partial charge on any atom is -0.384 e. The standard InChI is InChI=1S/C19H19NO/c21-14-4-5-16-9-11-17(12-10-16)15-20-13-3-7-18-6-1-2-8-19(18)20/h1-2,6,8-12,21H,3,7,13-15H2. The fraction of sp³-hybridized carbons (Fsp3) is 0.263. The van der Waals surface area contributed by atoms with Gasteiger partial charge in [-0.15, -0.1) is 0 Å². The molecule has 0 aliphatic carbocycles. The van der Waals surface area contributed by atoms with Crippen molar-refractivity contribution in [2.75, 3.05) is 18.1 Å². The van der Waals surface area contributed by atoms with Crippen LogP contribution < -0.4 is 4.90 Å². The summed E-state index contributed by atoms with van der Waals surface area (Å²) in [5, 5.41) is 8.71. The summed E-state index contributed by atoms with van der Waals surface area (Å²) in [6, 6.07) is 17.0. The number of aliphatic hydroxyl groups excluding tert-OH is 1. The van der Waals surface area contributed by atoms with Crippen molar-refractivity contribution in [3.05, 3.63) is 65.2 Å². The average Bonchev–Trinajstić information content (AvgIpc) is 2.55. The highest BCUT2D eigenvalue weighted by Crippen LogP contribution is 2.27. The highest BCUT2D eigenvalue weighted by molar-refractivity contribution is 5.55. The Morgan fingerprint density at radius 2 is 1.86 bits per heavy atom. The minimum atomic E-state index is -0.0910. The number of fused-ring (bicyclic) bond motifs is 1. The van der Waals surface area contributed by atoms with E-state index in [4.69, 9.17) is 5.11 Å². The van der Waals surface area contributed by atoms with Gasteiger partial charge in [0.2, 0.25) is 0 Å². The SMILES string of the molecule is OCC#Cc1ccc(CN2CCCc3ccccc32)cc1. The Morgan fingerprint density at radius 3 is 2.67 bits per heavy atom. The maximum atomic E-state index is 8.71. The van der Waals surface area contributed by atoms with Gasteiger partial charge in [-0.05, 0) is 42.2 Å². The summed E-state index contributed by atoms with van der Waals surface area (Å²) < 4.78 is 0. The zero-order valence-corrected chi connectivity index (χ0v) is 12.0. The van der Waals surface area contributed by atoms with Crippen molar-refractivity contribution in [1.29, 1.82) is 0 Å². The van der Waals surface area contributed by atoms with Crippen LogP contribution >= 0.6 is 0 Å². The fourth-order valence-corrected chi connectivity index (χ4v) is 2.83. The third kappa shape index (κ3) is 3.26. The maximum Gasteiger partial charge on any atom is 0.104 e. The molecule has 2 heteroatoms. The van der Waals surface area contributed by atoms with Crippen LogP contribution in [0.15, 0.2) is 48.5 Å². The molecule has 0 amide bonds. The van der Waals surface area contributed by atoms with Gasteiger partial charge in [-0.25, -0.2) is 0 Å². The van der Waals surface area contributed by atoms with Crippen molar-refractivity contribution >= 4 is 5.69 Å². The second-order valence-electron chi connectivity index (χ2n) is 5.31. The first-order valence-corrected chi connectivity index (χ1v) is 7.38. The largest absolute Gasteiger partial charge is 0.384 e. The summed E-state index contributed by atoms with van der Waals surface area (Å²) in [5.74, 6) is 5.60. The topological polar surface area (TPSA) is 23.5 Å². The predicted octanol–water partition coefficient (Wildman–Crippen LogP) is 2.98. The van der Waals surface area contributed by atoms with E-state index in [1.165, 1.54) is 29.7 Å². The molecule has 2 nitrogen and oxygen atoms in total. The van der Waals surface area contributed by atoms with Crippen LogP contribution in [0.5, 0.6) is 0 Å². The Morgan fingerprint density at radius 1 is 1.05 bits per heavy atom. The normalized spacial score (nSPS) is 13.3. The predicted molar refractivity (Wildman–Crippen MR) is 86.2 cm³/mol. The molecule has 3 rings (SSSR count). The molecular formula is C19H19NO. The summed E-state index contributed by atoms with van der Waals surface area (Å²) in [5.41, 5.74) is 5.06. The number of para-hydroxylation sites is 1. The van der Waals surface area contributed by atoms with E-state index in [0.29, 0.717) is 0 Å². The molecule has 0 unspecified atom stereocenters. The van der Waals surface area contributed by atoms with Crippen molar-refractivity contribution in [2.24, 2.45) is 0 Å². The number of anilines is 1. The Bertz CT molecular complexity index is 664. The average molecular weight is 277 g/mol. The first-order chi connectivity index (χ1) is 10.4. The zero-order valence-electron chi connectivity index (χ0n) is 12.0. The van der Waals surface area contributed by atoms with E-state index in [1.54, 1.807) is 0 Å². The Hall–Kier alpha value is -2.24. The summed E-state index contributed by atoms with van der Waals surface area (Å²) in [6.07, 6.45) is 2.40. The maximum absolute atomic E-state index is 8.71. The van der Waals surface area contributed by atoms with Crippen LogP contribution in [0.3, 0.4) is 0 Å². The van der Waals surface area contributed by atoms with Gasteiger partial charge in [0.1, 0.15) is 6.61 Å². The number of aryl methyl sites for hydroxylation is 1. The summed E-state index contributed by atoms with van der Waals surface area (Å²) in [7, 11) is 0. The quantitative estimate of drug-likeness (QED) is 0.853. The molecule has 0 atom stereocenters. The molecule has 0 aromatic heterocycles. The highest BCUT2D eigenvalue weighted by Gasteiger charge is 2.15. The van der Waals surface area contributed by atoms with Crippen LogP contribution in [0.4, 0.5) is 5.69 Å². The number of aliphatic hydroxyl groups is 1. The third-order valence-electron chi connectivity index (χ3n) is 3.85.